The van der Waals surface area contributed by atoms with E-state index in [9.17, 15) is 0 Å². The van der Waals surface area contributed by atoms with Crippen LogP contribution in [0.1, 0.15) is 16.7 Å². The Balaban J connectivity index is 1.78. The minimum Gasteiger partial charge on any atom is -0.383 e. The van der Waals surface area contributed by atoms with Crippen LogP contribution in [-0.2, 0) is 0 Å². The van der Waals surface area contributed by atoms with Crippen LogP contribution in [0.5, 0.6) is 0 Å². The van der Waals surface area contributed by atoms with Gasteiger partial charge in [-0.1, -0.05) is 97.1 Å². The Bertz CT molecular complexity index is 1110. The molecule has 0 aliphatic carbocycles. The number of benzene rings is 4. The van der Waals surface area contributed by atoms with E-state index in [0.29, 0.717) is 5.84 Å². The zero-order valence-corrected chi connectivity index (χ0v) is 18.2. The van der Waals surface area contributed by atoms with Crippen molar-refractivity contribution in [2.24, 2.45) is 10.7 Å². The summed E-state index contributed by atoms with van der Waals surface area (Å²) >= 11 is 0. The maximum Gasteiger partial charge on any atom is 0.131 e. The number of para-hydroxylation sites is 1. The van der Waals surface area contributed by atoms with Crippen LogP contribution in [0, 0.1) is 13.8 Å². The van der Waals surface area contributed by atoms with E-state index in [4.69, 9.17) is 10.7 Å². The summed E-state index contributed by atoms with van der Waals surface area (Å²) in [7, 11) is -0.669. The van der Waals surface area contributed by atoms with Crippen molar-refractivity contribution in [3.63, 3.8) is 0 Å². The molecule has 0 aromatic heterocycles. The van der Waals surface area contributed by atoms with Crippen molar-refractivity contribution >= 4 is 35.4 Å². The molecular weight excluding hydrogens is 383 g/mol. The molecule has 0 aliphatic rings. The summed E-state index contributed by atoms with van der Waals surface area (Å²) < 4.78 is 0. The van der Waals surface area contributed by atoms with E-state index in [-0.39, 0.29) is 0 Å². The van der Waals surface area contributed by atoms with Gasteiger partial charge in [0.05, 0.1) is 5.69 Å². The average molecular weight is 408 g/mol. The predicted octanol–water partition coefficient (Wildman–Crippen LogP) is 5.10. The van der Waals surface area contributed by atoms with E-state index >= 15 is 0 Å². The summed E-state index contributed by atoms with van der Waals surface area (Å²) in [5.74, 6) is 0.547. The fourth-order valence-corrected chi connectivity index (χ4v) is 5.91. The summed E-state index contributed by atoms with van der Waals surface area (Å²) in [4.78, 5) is 4.78. The van der Waals surface area contributed by atoms with Gasteiger partial charge in [0.15, 0.2) is 0 Å². The summed E-state index contributed by atoms with van der Waals surface area (Å²) in [6.07, 6.45) is 0. The highest BCUT2D eigenvalue weighted by Gasteiger charge is 2.17. The molecule has 0 amide bonds. The van der Waals surface area contributed by atoms with Gasteiger partial charge in [-0.05, 0) is 54.9 Å². The Morgan fingerprint density at radius 2 is 1.13 bits per heavy atom. The predicted molar refractivity (Wildman–Crippen MR) is 131 cm³/mol. The average Bonchev–Trinajstić information content (AvgIpc) is 2.78. The van der Waals surface area contributed by atoms with Crippen molar-refractivity contribution in [1.82, 2.24) is 0 Å². The minimum atomic E-state index is -0.669. The molecule has 0 fully saturated rings. The molecule has 0 saturated heterocycles. The van der Waals surface area contributed by atoms with E-state index in [0.717, 1.165) is 22.4 Å². The third kappa shape index (κ3) is 4.35. The van der Waals surface area contributed by atoms with Crippen molar-refractivity contribution in [2.75, 3.05) is 0 Å². The van der Waals surface area contributed by atoms with Gasteiger partial charge in [-0.15, -0.1) is 0 Å². The highest BCUT2D eigenvalue weighted by Crippen LogP contribution is 2.33. The van der Waals surface area contributed by atoms with Crippen LogP contribution in [0.3, 0.4) is 0 Å². The van der Waals surface area contributed by atoms with Crippen LogP contribution < -0.4 is 21.6 Å². The normalized spacial score (nSPS) is 11.6. The van der Waals surface area contributed by atoms with Gasteiger partial charge in [0, 0.05) is 5.56 Å². The van der Waals surface area contributed by atoms with Crippen molar-refractivity contribution in [3.05, 3.63) is 120 Å². The number of nitrogens with zero attached hydrogens (tertiary/aromatic N) is 1. The van der Waals surface area contributed by atoms with Crippen molar-refractivity contribution in [1.29, 1.82) is 0 Å². The lowest BCUT2D eigenvalue weighted by atomic mass is 10.1. The smallest absolute Gasteiger partial charge is 0.131 e. The third-order valence-corrected chi connectivity index (χ3v) is 7.52. The molecule has 0 spiro atoms. The van der Waals surface area contributed by atoms with Crippen molar-refractivity contribution in [2.45, 2.75) is 13.8 Å². The Kier molecular flexibility index (Phi) is 6.07. The number of rotatable bonds is 5. The molecule has 2 N–H and O–H groups in total. The number of aryl methyl sites for hydroxylation is 2. The molecule has 3 heteroatoms. The van der Waals surface area contributed by atoms with E-state index < -0.39 is 7.92 Å². The van der Waals surface area contributed by atoms with E-state index in [1.807, 2.05) is 12.1 Å². The zero-order chi connectivity index (χ0) is 20.9. The van der Waals surface area contributed by atoms with E-state index in [2.05, 4.69) is 105 Å². The highest BCUT2D eigenvalue weighted by molar-refractivity contribution is 7.79. The molecule has 4 aromatic rings. The number of hydrogen-bond acceptors (Lipinski definition) is 1. The quantitative estimate of drug-likeness (QED) is 0.279. The van der Waals surface area contributed by atoms with Gasteiger partial charge in [-0.2, -0.15) is 0 Å². The first kappa shape index (κ1) is 20.1. The van der Waals surface area contributed by atoms with Gasteiger partial charge in [-0.25, -0.2) is 4.99 Å². The molecule has 4 aromatic carbocycles. The van der Waals surface area contributed by atoms with E-state index in [1.54, 1.807) is 0 Å². The molecule has 0 saturated carbocycles. The second-order valence-corrected chi connectivity index (χ2v) is 9.51. The van der Waals surface area contributed by atoms with Crippen LogP contribution in [0.25, 0.3) is 0 Å². The standard InChI is InChI=1S/C27H25N2P/c1-20-11-9-12-21(2)26(20)29-27(28)22-13-10-18-25(19-22)30(23-14-5-3-6-15-23)24-16-7-4-8-17-24/h3-19H,1-2H3,(H2,28,29). The molecular formula is C27H25N2P. The number of amidine groups is 1. The maximum atomic E-state index is 6.47. The molecule has 4 rings (SSSR count). The Morgan fingerprint density at radius 3 is 1.70 bits per heavy atom. The molecule has 30 heavy (non-hydrogen) atoms. The molecule has 0 atom stereocenters. The van der Waals surface area contributed by atoms with Gasteiger partial charge < -0.3 is 5.73 Å². The molecule has 0 bridgehead atoms. The first-order chi connectivity index (χ1) is 14.6. The third-order valence-electron chi connectivity index (χ3n) is 5.10. The molecule has 2 nitrogen and oxygen atoms in total. The van der Waals surface area contributed by atoms with Crippen molar-refractivity contribution in [3.8, 4) is 0 Å². The van der Waals surface area contributed by atoms with Gasteiger partial charge in [0.2, 0.25) is 0 Å². The highest BCUT2D eigenvalue weighted by atomic mass is 31.1. The van der Waals surface area contributed by atoms with Gasteiger partial charge in [0.25, 0.3) is 0 Å². The maximum absolute atomic E-state index is 6.47. The topological polar surface area (TPSA) is 38.4 Å². The second-order valence-electron chi connectivity index (χ2n) is 7.29. The molecule has 0 radical (unpaired) electrons. The number of nitrogens with two attached hydrogens (primary N) is 1. The van der Waals surface area contributed by atoms with Crippen LogP contribution in [0.2, 0.25) is 0 Å². The minimum absolute atomic E-state index is 0.547. The van der Waals surface area contributed by atoms with Crippen LogP contribution in [0.4, 0.5) is 5.69 Å². The molecule has 0 unspecified atom stereocenters. The Hall–Kier alpha value is -3.22. The summed E-state index contributed by atoms with van der Waals surface area (Å²) in [5, 5.41) is 3.90. The molecule has 148 valence electrons. The van der Waals surface area contributed by atoms with Gasteiger partial charge >= 0.3 is 0 Å². The number of aliphatic imine (C=N–C) groups is 1. The SMILES string of the molecule is Cc1cccc(C)c1N=C(N)c1cccc(P(c2ccccc2)c2ccccc2)c1. The molecule has 0 heterocycles. The first-order valence-electron chi connectivity index (χ1n) is 10.0. The largest absolute Gasteiger partial charge is 0.383 e. The van der Waals surface area contributed by atoms with Crippen molar-refractivity contribution < 1.29 is 0 Å². The lowest BCUT2D eigenvalue weighted by molar-refractivity contribution is 1.31. The monoisotopic (exact) mass is 408 g/mol. The van der Waals surface area contributed by atoms with Crippen LogP contribution in [-0.4, -0.2) is 5.84 Å². The Labute approximate surface area is 179 Å². The fraction of sp³-hybridized carbons (Fsp3) is 0.0741. The summed E-state index contributed by atoms with van der Waals surface area (Å²) in [6.45, 7) is 4.14. The van der Waals surface area contributed by atoms with Crippen LogP contribution in [0.15, 0.2) is 108 Å². The second kappa shape index (κ2) is 9.07. The molecule has 0 aliphatic heterocycles. The summed E-state index contributed by atoms with van der Waals surface area (Å²) in [5.41, 5.74) is 10.6. The van der Waals surface area contributed by atoms with Crippen LogP contribution >= 0.6 is 7.92 Å². The van der Waals surface area contributed by atoms with Gasteiger partial charge in [0.1, 0.15) is 5.84 Å². The fourth-order valence-electron chi connectivity index (χ4n) is 3.57. The van der Waals surface area contributed by atoms with E-state index in [1.165, 1.54) is 15.9 Å². The lowest BCUT2D eigenvalue weighted by Crippen LogP contribution is -2.22. The number of hydrogen-bond donors (Lipinski definition) is 1. The van der Waals surface area contributed by atoms with Gasteiger partial charge in [-0.3, -0.25) is 0 Å². The lowest BCUT2D eigenvalue weighted by Gasteiger charge is -2.20. The first-order valence-corrected chi connectivity index (χ1v) is 11.4. The Morgan fingerprint density at radius 1 is 0.633 bits per heavy atom. The zero-order valence-electron chi connectivity index (χ0n) is 17.3. The summed E-state index contributed by atoms with van der Waals surface area (Å²) in [6, 6.07) is 36.1.